The maximum Gasteiger partial charge on any atom is 0.0833 e. The molecule has 0 saturated carbocycles. The second-order valence-electron chi connectivity index (χ2n) is 5.63. The Bertz CT molecular complexity index is 633. The molecule has 2 aromatic rings. The Balaban J connectivity index is 1.82. The van der Waals surface area contributed by atoms with E-state index in [-0.39, 0.29) is 0 Å². The van der Waals surface area contributed by atoms with E-state index in [2.05, 4.69) is 18.2 Å². The van der Waals surface area contributed by atoms with Crippen molar-refractivity contribution in [2.75, 3.05) is 0 Å². The zero-order chi connectivity index (χ0) is 14.1. The highest BCUT2D eigenvalue weighted by Crippen LogP contribution is 2.28. The van der Waals surface area contributed by atoms with Crippen LogP contribution >= 0.6 is 11.6 Å². The van der Waals surface area contributed by atoms with Crippen molar-refractivity contribution in [2.45, 2.75) is 38.7 Å². The molecule has 1 aliphatic carbocycles. The molecule has 1 nitrogen and oxygen atoms in total. The molecule has 1 N–H and O–H groups in total. The van der Waals surface area contributed by atoms with Crippen molar-refractivity contribution in [1.82, 2.24) is 0 Å². The first-order chi connectivity index (χ1) is 9.65. The van der Waals surface area contributed by atoms with Crippen LogP contribution in [0.5, 0.6) is 0 Å². The lowest BCUT2D eigenvalue weighted by atomic mass is 9.96. The first-order valence-electron chi connectivity index (χ1n) is 7.19. The van der Waals surface area contributed by atoms with E-state index < -0.39 is 6.10 Å². The Morgan fingerprint density at radius 3 is 2.80 bits per heavy atom. The van der Waals surface area contributed by atoms with Gasteiger partial charge in [-0.15, -0.1) is 0 Å². The molecule has 1 unspecified atom stereocenters. The summed E-state index contributed by atoms with van der Waals surface area (Å²) >= 11 is 6.13. The summed E-state index contributed by atoms with van der Waals surface area (Å²) in [7, 11) is 0. The molecule has 1 atom stereocenters. The predicted octanol–water partition coefficient (Wildman–Crippen LogP) is 4.41. The highest BCUT2D eigenvalue weighted by Gasteiger charge is 2.15. The van der Waals surface area contributed by atoms with Crippen LogP contribution in [0, 0.1) is 6.92 Å². The average molecular weight is 287 g/mol. The normalized spacial score (nSPS) is 15.2. The Morgan fingerprint density at radius 1 is 1.15 bits per heavy atom. The van der Waals surface area contributed by atoms with Crippen molar-refractivity contribution in [3.63, 3.8) is 0 Å². The van der Waals surface area contributed by atoms with E-state index in [9.17, 15) is 5.11 Å². The molecule has 20 heavy (non-hydrogen) atoms. The van der Waals surface area contributed by atoms with E-state index in [0.717, 1.165) is 16.1 Å². The second kappa shape index (κ2) is 5.59. The number of halogens is 1. The van der Waals surface area contributed by atoms with Crippen LogP contribution in [0.15, 0.2) is 36.4 Å². The smallest absolute Gasteiger partial charge is 0.0833 e. The number of aliphatic hydroxyl groups excluding tert-OH is 1. The van der Waals surface area contributed by atoms with Gasteiger partial charge in [0.25, 0.3) is 0 Å². The van der Waals surface area contributed by atoms with Gasteiger partial charge in [0.05, 0.1) is 6.10 Å². The molecule has 2 aromatic carbocycles. The number of hydrogen-bond acceptors (Lipinski definition) is 1. The molecule has 0 radical (unpaired) electrons. The maximum atomic E-state index is 10.5. The van der Waals surface area contributed by atoms with Gasteiger partial charge in [0.1, 0.15) is 0 Å². The van der Waals surface area contributed by atoms with Gasteiger partial charge in [0.15, 0.2) is 0 Å². The Hall–Kier alpha value is -1.31. The minimum Gasteiger partial charge on any atom is -0.388 e. The van der Waals surface area contributed by atoms with Crippen LogP contribution in [-0.4, -0.2) is 5.11 Å². The molecule has 1 aliphatic rings. The molecule has 2 heteroatoms. The number of rotatable bonds is 3. The number of fused-ring (bicyclic) bond motifs is 1. The summed E-state index contributed by atoms with van der Waals surface area (Å²) in [6.07, 6.45) is 3.79. The van der Waals surface area contributed by atoms with Crippen molar-refractivity contribution < 1.29 is 5.11 Å². The second-order valence-corrected chi connectivity index (χ2v) is 6.04. The standard InChI is InChI=1S/C18H19ClO/c1-12-16(6-3-7-17(12)19)18(20)11-13-8-9-14-4-2-5-15(14)10-13/h3,6-10,18,20H,2,4-5,11H2,1H3. The molecule has 0 saturated heterocycles. The summed E-state index contributed by atoms with van der Waals surface area (Å²) in [6, 6.07) is 12.3. The molecule has 0 fully saturated rings. The molecule has 0 heterocycles. The van der Waals surface area contributed by atoms with Crippen molar-refractivity contribution in [3.05, 3.63) is 69.2 Å². The van der Waals surface area contributed by atoms with Crippen molar-refractivity contribution in [3.8, 4) is 0 Å². The van der Waals surface area contributed by atoms with Crippen molar-refractivity contribution in [1.29, 1.82) is 0 Å². The molecular formula is C18H19ClO. The average Bonchev–Trinajstić information content (AvgIpc) is 2.89. The Morgan fingerprint density at radius 2 is 1.95 bits per heavy atom. The fourth-order valence-electron chi connectivity index (χ4n) is 3.07. The Labute approximate surface area is 125 Å². The molecule has 0 aromatic heterocycles. The van der Waals surface area contributed by atoms with Gasteiger partial charge in [-0.25, -0.2) is 0 Å². The van der Waals surface area contributed by atoms with E-state index >= 15 is 0 Å². The van der Waals surface area contributed by atoms with Crippen LogP contribution in [0.1, 0.15) is 40.3 Å². The first-order valence-corrected chi connectivity index (χ1v) is 7.56. The molecule has 0 spiro atoms. The fraction of sp³-hybridized carbons (Fsp3) is 0.333. The zero-order valence-corrected chi connectivity index (χ0v) is 12.5. The van der Waals surface area contributed by atoms with Crippen LogP contribution in [0.3, 0.4) is 0 Å². The van der Waals surface area contributed by atoms with Crippen LogP contribution in [0.25, 0.3) is 0 Å². The highest BCUT2D eigenvalue weighted by molar-refractivity contribution is 6.31. The predicted molar refractivity (Wildman–Crippen MR) is 83.3 cm³/mol. The van der Waals surface area contributed by atoms with E-state index in [1.165, 1.54) is 36.0 Å². The quantitative estimate of drug-likeness (QED) is 0.886. The highest BCUT2D eigenvalue weighted by atomic mass is 35.5. The summed E-state index contributed by atoms with van der Waals surface area (Å²) in [5, 5.41) is 11.2. The molecule has 104 valence electrons. The number of benzene rings is 2. The van der Waals surface area contributed by atoms with Crippen molar-refractivity contribution in [2.24, 2.45) is 0 Å². The van der Waals surface area contributed by atoms with Crippen LogP contribution < -0.4 is 0 Å². The van der Waals surface area contributed by atoms with Crippen LogP contribution in [0.4, 0.5) is 0 Å². The van der Waals surface area contributed by atoms with Gasteiger partial charge < -0.3 is 5.11 Å². The molecular weight excluding hydrogens is 268 g/mol. The summed E-state index contributed by atoms with van der Waals surface area (Å²) in [5.41, 5.74) is 6.04. The minimum absolute atomic E-state index is 0.492. The zero-order valence-electron chi connectivity index (χ0n) is 11.7. The van der Waals surface area contributed by atoms with Crippen molar-refractivity contribution >= 4 is 11.6 Å². The third kappa shape index (κ3) is 2.61. The summed E-state index contributed by atoms with van der Waals surface area (Å²) in [4.78, 5) is 0. The van der Waals surface area contributed by atoms with E-state index in [4.69, 9.17) is 11.6 Å². The number of aryl methyl sites for hydroxylation is 2. The maximum absolute atomic E-state index is 10.5. The lowest BCUT2D eigenvalue weighted by Crippen LogP contribution is -2.04. The summed E-state index contributed by atoms with van der Waals surface area (Å²) < 4.78 is 0. The van der Waals surface area contributed by atoms with E-state index in [1.54, 1.807) is 0 Å². The van der Waals surface area contributed by atoms with E-state index in [1.807, 2.05) is 25.1 Å². The minimum atomic E-state index is -0.492. The monoisotopic (exact) mass is 286 g/mol. The SMILES string of the molecule is Cc1c(Cl)cccc1C(O)Cc1ccc2c(c1)CCC2. The van der Waals surface area contributed by atoms with Gasteiger partial charge in [-0.05, 0) is 60.1 Å². The number of hydrogen-bond donors (Lipinski definition) is 1. The van der Waals surface area contributed by atoms with Gasteiger partial charge in [0.2, 0.25) is 0 Å². The summed E-state index contributed by atoms with van der Waals surface area (Å²) in [6.45, 7) is 1.96. The lowest BCUT2D eigenvalue weighted by molar-refractivity contribution is 0.177. The van der Waals surface area contributed by atoms with Crippen LogP contribution in [0.2, 0.25) is 5.02 Å². The molecule has 3 rings (SSSR count). The van der Waals surface area contributed by atoms with E-state index in [0.29, 0.717) is 6.42 Å². The Kier molecular flexibility index (Phi) is 3.82. The van der Waals surface area contributed by atoms with Gasteiger partial charge in [-0.1, -0.05) is 41.9 Å². The first kappa shape index (κ1) is 13.7. The van der Waals surface area contributed by atoms with Gasteiger partial charge in [0, 0.05) is 11.4 Å². The number of aliphatic hydroxyl groups is 1. The van der Waals surface area contributed by atoms with Crippen LogP contribution in [-0.2, 0) is 19.3 Å². The third-order valence-electron chi connectivity index (χ3n) is 4.26. The molecule has 0 aliphatic heterocycles. The fourth-order valence-corrected chi connectivity index (χ4v) is 3.25. The van der Waals surface area contributed by atoms with Gasteiger partial charge in [-0.3, -0.25) is 0 Å². The topological polar surface area (TPSA) is 20.2 Å². The molecule has 0 amide bonds. The van der Waals surface area contributed by atoms with Gasteiger partial charge >= 0.3 is 0 Å². The third-order valence-corrected chi connectivity index (χ3v) is 4.67. The van der Waals surface area contributed by atoms with Gasteiger partial charge in [-0.2, -0.15) is 0 Å². The lowest BCUT2D eigenvalue weighted by Gasteiger charge is -2.15. The largest absolute Gasteiger partial charge is 0.388 e. The molecule has 0 bridgehead atoms. The summed E-state index contributed by atoms with van der Waals surface area (Å²) in [5.74, 6) is 0.